The van der Waals surface area contributed by atoms with Gasteiger partial charge in [0.15, 0.2) is 0 Å². The van der Waals surface area contributed by atoms with Gasteiger partial charge in [0.1, 0.15) is 0 Å². The van der Waals surface area contributed by atoms with Gasteiger partial charge < -0.3 is 10.6 Å². The lowest BCUT2D eigenvalue weighted by atomic mass is 10.1. The van der Waals surface area contributed by atoms with Gasteiger partial charge >= 0.3 is 6.03 Å². The van der Waals surface area contributed by atoms with Crippen LogP contribution in [0.1, 0.15) is 25.7 Å². The van der Waals surface area contributed by atoms with E-state index in [-0.39, 0.29) is 17.3 Å². The lowest BCUT2D eigenvalue weighted by molar-refractivity contribution is 0.236. The maximum absolute atomic E-state index is 12.3. The highest BCUT2D eigenvalue weighted by Crippen LogP contribution is 2.32. The first kappa shape index (κ1) is 15.3. The number of carbonyl (C=O) groups excluding carboxylic acids is 1. The van der Waals surface area contributed by atoms with E-state index in [1.165, 1.54) is 0 Å². The molecule has 0 aromatic heterocycles. The standard InChI is InChI=1S/C15H21N3O3S/c19-15(16-12-5-2-1-3-6-12)17-13-7-4-10-18(11-13)22(20,21)14-8-9-14/h1-3,5-6,13-14H,4,7-11H2,(H2,16,17,19)/t13-/m1/s1. The fraction of sp³-hybridized carbons (Fsp3) is 0.533. The average molecular weight is 323 g/mol. The zero-order valence-electron chi connectivity index (χ0n) is 12.4. The Kier molecular flexibility index (Phi) is 4.35. The lowest BCUT2D eigenvalue weighted by Gasteiger charge is -2.32. The minimum Gasteiger partial charge on any atom is -0.334 e. The van der Waals surface area contributed by atoms with Crippen LogP contribution in [0.4, 0.5) is 10.5 Å². The summed E-state index contributed by atoms with van der Waals surface area (Å²) in [6.45, 7) is 0.943. The summed E-state index contributed by atoms with van der Waals surface area (Å²) in [4.78, 5) is 12.0. The predicted octanol–water partition coefficient (Wildman–Crippen LogP) is 1.76. The molecular weight excluding hydrogens is 302 g/mol. The second-order valence-corrected chi connectivity index (χ2v) is 8.12. The van der Waals surface area contributed by atoms with Crippen LogP contribution in [0, 0.1) is 0 Å². The first-order chi connectivity index (χ1) is 10.6. The smallest absolute Gasteiger partial charge is 0.319 e. The Morgan fingerprint density at radius 1 is 1.14 bits per heavy atom. The maximum Gasteiger partial charge on any atom is 0.319 e. The molecule has 120 valence electrons. The summed E-state index contributed by atoms with van der Waals surface area (Å²) in [5.41, 5.74) is 0.721. The van der Waals surface area contributed by atoms with E-state index < -0.39 is 10.0 Å². The zero-order valence-corrected chi connectivity index (χ0v) is 13.2. The number of amides is 2. The second-order valence-electron chi connectivity index (χ2n) is 5.91. The highest BCUT2D eigenvalue weighted by Gasteiger charge is 2.41. The highest BCUT2D eigenvalue weighted by molar-refractivity contribution is 7.90. The quantitative estimate of drug-likeness (QED) is 0.886. The van der Waals surface area contributed by atoms with Gasteiger partial charge in [-0.15, -0.1) is 0 Å². The summed E-state index contributed by atoms with van der Waals surface area (Å²) in [5, 5.41) is 5.44. The third-order valence-corrected chi connectivity index (χ3v) is 6.42. The van der Waals surface area contributed by atoms with Crippen molar-refractivity contribution in [1.82, 2.24) is 9.62 Å². The van der Waals surface area contributed by atoms with E-state index in [1.54, 1.807) is 4.31 Å². The van der Waals surface area contributed by atoms with E-state index >= 15 is 0 Å². The van der Waals surface area contributed by atoms with Crippen molar-refractivity contribution in [2.24, 2.45) is 0 Å². The van der Waals surface area contributed by atoms with Crippen LogP contribution in [0.3, 0.4) is 0 Å². The molecule has 1 heterocycles. The molecule has 1 aliphatic heterocycles. The van der Waals surface area contributed by atoms with E-state index in [0.717, 1.165) is 31.4 Å². The molecular formula is C15H21N3O3S. The van der Waals surface area contributed by atoms with Crippen molar-refractivity contribution >= 4 is 21.7 Å². The van der Waals surface area contributed by atoms with Crippen LogP contribution in [0.25, 0.3) is 0 Å². The molecule has 6 nitrogen and oxygen atoms in total. The molecule has 3 rings (SSSR count). The minimum atomic E-state index is -3.15. The van der Waals surface area contributed by atoms with Crippen LogP contribution in [-0.2, 0) is 10.0 Å². The third kappa shape index (κ3) is 3.59. The Bertz CT molecular complexity index is 629. The van der Waals surface area contributed by atoms with Crippen LogP contribution >= 0.6 is 0 Å². The first-order valence-electron chi connectivity index (χ1n) is 7.67. The number of sulfonamides is 1. The summed E-state index contributed by atoms with van der Waals surface area (Å²) in [5.74, 6) is 0. The second kappa shape index (κ2) is 6.26. The van der Waals surface area contributed by atoms with Crippen molar-refractivity contribution in [2.75, 3.05) is 18.4 Å². The number of rotatable bonds is 4. The molecule has 0 spiro atoms. The fourth-order valence-corrected chi connectivity index (χ4v) is 4.67. The number of benzene rings is 1. The highest BCUT2D eigenvalue weighted by atomic mass is 32.2. The van der Waals surface area contributed by atoms with Crippen molar-refractivity contribution in [1.29, 1.82) is 0 Å². The number of hydrogen-bond donors (Lipinski definition) is 2. The third-order valence-electron chi connectivity index (χ3n) is 4.06. The van der Waals surface area contributed by atoms with Crippen LogP contribution < -0.4 is 10.6 Å². The van der Waals surface area contributed by atoms with E-state index in [9.17, 15) is 13.2 Å². The van der Waals surface area contributed by atoms with Gasteiger partial charge in [-0.2, -0.15) is 4.31 Å². The van der Waals surface area contributed by atoms with Gasteiger partial charge in [-0.05, 0) is 37.8 Å². The molecule has 1 aromatic rings. The summed E-state index contributed by atoms with van der Waals surface area (Å²) < 4.78 is 26.1. The number of urea groups is 1. The molecule has 2 N–H and O–H groups in total. The molecule has 1 saturated heterocycles. The molecule has 2 fully saturated rings. The van der Waals surface area contributed by atoms with E-state index in [4.69, 9.17) is 0 Å². The van der Waals surface area contributed by atoms with Crippen LogP contribution in [0.5, 0.6) is 0 Å². The van der Waals surface area contributed by atoms with Crippen LogP contribution in [0.15, 0.2) is 30.3 Å². The number of para-hydroxylation sites is 1. The molecule has 2 amide bonds. The number of nitrogens with zero attached hydrogens (tertiary/aromatic N) is 1. The Morgan fingerprint density at radius 2 is 1.86 bits per heavy atom. The summed E-state index contributed by atoms with van der Waals surface area (Å²) in [6.07, 6.45) is 3.12. The molecule has 1 atom stereocenters. The molecule has 7 heteroatoms. The predicted molar refractivity (Wildman–Crippen MR) is 85.1 cm³/mol. The van der Waals surface area contributed by atoms with Crippen molar-refractivity contribution in [3.8, 4) is 0 Å². The molecule has 1 aliphatic carbocycles. The fourth-order valence-electron chi connectivity index (χ4n) is 2.74. The van der Waals surface area contributed by atoms with Gasteiger partial charge in [-0.25, -0.2) is 13.2 Å². The topological polar surface area (TPSA) is 78.5 Å². The number of carbonyl (C=O) groups is 1. The molecule has 0 unspecified atom stereocenters. The summed E-state index contributed by atoms with van der Waals surface area (Å²) in [7, 11) is -3.15. The largest absolute Gasteiger partial charge is 0.334 e. The maximum atomic E-state index is 12.3. The summed E-state index contributed by atoms with van der Waals surface area (Å²) >= 11 is 0. The monoisotopic (exact) mass is 323 g/mol. The molecule has 1 saturated carbocycles. The van der Waals surface area contributed by atoms with E-state index in [1.807, 2.05) is 30.3 Å². The van der Waals surface area contributed by atoms with Crippen molar-refractivity contribution in [3.05, 3.63) is 30.3 Å². The minimum absolute atomic E-state index is 0.133. The SMILES string of the molecule is O=C(Nc1ccccc1)N[C@@H]1CCCN(S(=O)(=O)C2CC2)C1. The number of nitrogens with one attached hydrogen (secondary N) is 2. The lowest BCUT2D eigenvalue weighted by Crippen LogP contribution is -2.51. The molecule has 0 bridgehead atoms. The first-order valence-corrected chi connectivity index (χ1v) is 9.17. The van der Waals surface area contributed by atoms with E-state index in [2.05, 4.69) is 10.6 Å². The molecule has 22 heavy (non-hydrogen) atoms. The Balaban J connectivity index is 1.55. The summed E-state index contributed by atoms with van der Waals surface area (Å²) in [6, 6.07) is 8.77. The van der Waals surface area contributed by atoms with Crippen molar-refractivity contribution < 1.29 is 13.2 Å². The molecule has 2 aliphatic rings. The normalized spacial score (nSPS) is 23.0. The van der Waals surface area contributed by atoms with Gasteiger partial charge in [0.25, 0.3) is 0 Å². The number of piperidine rings is 1. The van der Waals surface area contributed by atoms with E-state index in [0.29, 0.717) is 13.1 Å². The average Bonchev–Trinajstić information content (AvgIpc) is 3.33. The van der Waals surface area contributed by atoms with Crippen LogP contribution in [-0.4, -0.2) is 43.1 Å². The van der Waals surface area contributed by atoms with Gasteiger partial charge in [0, 0.05) is 24.8 Å². The number of hydrogen-bond acceptors (Lipinski definition) is 3. The Hall–Kier alpha value is -1.60. The molecule has 1 aromatic carbocycles. The van der Waals surface area contributed by atoms with Gasteiger partial charge in [0.2, 0.25) is 10.0 Å². The Labute approximate surface area is 130 Å². The molecule has 0 radical (unpaired) electrons. The van der Waals surface area contributed by atoms with Crippen molar-refractivity contribution in [2.45, 2.75) is 37.0 Å². The van der Waals surface area contributed by atoms with Crippen molar-refractivity contribution in [3.63, 3.8) is 0 Å². The Morgan fingerprint density at radius 3 is 2.55 bits per heavy atom. The number of anilines is 1. The zero-order chi connectivity index (χ0) is 15.6. The van der Waals surface area contributed by atoms with Crippen LogP contribution in [0.2, 0.25) is 0 Å². The van der Waals surface area contributed by atoms with Gasteiger partial charge in [-0.1, -0.05) is 18.2 Å². The van der Waals surface area contributed by atoms with Gasteiger partial charge in [-0.3, -0.25) is 0 Å². The van der Waals surface area contributed by atoms with Gasteiger partial charge in [0.05, 0.1) is 5.25 Å².